The molecular weight excluding hydrogens is 284 g/mol. The molecule has 4 nitrogen and oxygen atoms in total. The Bertz CT molecular complexity index is 514. The van der Waals surface area contributed by atoms with Crippen molar-refractivity contribution in [1.82, 2.24) is 10.2 Å². The van der Waals surface area contributed by atoms with Crippen molar-refractivity contribution in [2.24, 2.45) is 11.8 Å². The van der Waals surface area contributed by atoms with Gasteiger partial charge in [0.15, 0.2) is 0 Å². The highest BCUT2D eigenvalue weighted by molar-refractivity contribution is 7.07. The van der Waals surface area contributed by atoms with Gasteiger partial charge in [-0.15, -0.1) is 0 Å². The van der Waals surface area contributed by atoms with Crippen LogP contribution in [0.5, 0.6) is 0 Å². The van der Waals surface area contributed by atoms with Gasteiger partial charge in [0, 0.05) is 32.5 Å². The molecule has 0 spiro atoms. The van der Waals surface area contributed by atoms with Crippen molar-refractivity contribution >= 4 is 23.2 Å². The van der Waals surface area contributed by atoms with E-state index in [4.69, 9.17) is 0 Å². The van der Waals surface area contributed by atoms with E-state index in [0.29, 0.717) is 30.7 Å². The summed E-state index contributed by atoms with van der Waals surface area (Å²) in [6, 6.07) is 2.39. The van der Waals surface area contributed by atoms with Crippen LogP contribution in [0.25, 0.3) is 0 Å². The number of nitrogens with zero attached hydrogens (tertiary/aromatic N) is 1. The molecule has 2 amide bonds. The molecule has 3 atom stereocenters. The first kappa shape index (κ1) is 14.6. The number of aryl methyl sites for hydroxylation is 1. The van der Waals surface area contributed by atoms with Crippen LogP contribution in [0.1, 0.15) is 31.2 Å². The second-order valence-electron chi connectivity index (χ2n) is 6.29. The first-order chi connectivity index (χ1) is 10.1. The quantitative estimate of drug-likeness (QED) is 0.925. The summed E-state index contributed by atoms with van der Waals surface area (Å²) < 4.78 is 0. The molecule has 21 heavy (non-hydrogen) atoms. The fraction of sp³-hybridized carbons (Fsp3) is 0.625. The molecule has 0 unspecified atom stereocenters. The Morgan fingerprint density at radius 1 is 1.43 bits per heavy atom. The molecule has 1 saturated carbocycles. The molecule has 1 aliphatic carbocycles. The summed E-state index contributed by atoms with van der Waals surface area (Å²) in [5.74, 6) is 1.42. The monoisotopic (exact) mass is 306 g/mol. The maximum atomic E-state index is 12.3. The molecule has 5 heteroatoms. The lowest BCUT2D eigenvalue weighted by atomic mass is 9.89. The van der Waals surface area contributed by atoms with Gasteiger partial charge in [0.25, 0.3) is 0 Å². The number of hydrogen-bond donors (Lipinski definition) is 1. The first-order valence-electron chi connectivity index (χ1n) is 7.67. The maximum absolute atomic E-state index is 12.3. The van der Waals surface area contributed by atoms with E-state index in [1.807, 2.05) is 11.9 Å². The minimum absolute atomic E-state index is 0.170. The van der Waals surface area contributed by atoms with E-state index in [9.17, 15) is 9.59 Å². The molecule has 0 aromatic carbocycles. The van der Waals surface area contributed by atoms with Crippen LogP contribution in [0.2, 0.25) is 0 Å². The minimum atomic E-state index is 0.170. The first-order valence-corrected chi connectivity index (χ1v) is 8.61. The average Bonchev–Trinajstić information content (AvgIpc) is 3.12. The summed E-state index contributed by atoms with van der Waals surface area (Å²) in [7, 11) is 1.92. The summed E-state index contributed by atoms with van der Waals surface area (Å²) in [6.07, 6.45) is 4.06. The van der Waals surface area contributed by atoms with Crippen molar-refractivity contribution in [3.05, 3.63) is 22.4 Å². The largest absolute Gasteiger partial charge is 0.356 e. The molecule has 2 heterocycles. The highest BCUT2D eigenvalue weighted by atomic mass is 32.1. The predicted molar refractivity (Wildman–Crippen MR) is 83.0 cm³/mol. The van der Waals surface area contributed by atoms with Gasteiger partial charge in [-0.05, 0) is 53.5 Å². The van der Waals surface area contributed by atoms with E-state index in [1.54, 1.807) is 11.3 Å². The van der Waals surface area contributed by atoms with Gasteiger partial charge in [0.2, 0.25) is 11.8 Å². The van der Waals surface area contributed by atoms with Crippen molar-refractivity contribution in [3.8, 4) is 0 Å². The van der Waals surface area contributed by atoms with E-state index in [2.05, 4.69) is 22.1 Å². The minimum Gasteiger partial charge on any atom is -0.356 e. The third-order valence-electron chi connectivity index (χ3n) is 4.97. The zero-order chi connectivity index (χ0) is 14.8. The fourth-order valence-corrected chi connectivity index (χ4v) is 4.32. The number of amides is 2. The van der Waals surface area contributed by atoms with E-state index in [0.717, 1.165) is 25.8 Å². The Labute approximate surface area is 129 Å². The lowest BCUT2D eigenvalue weighted by Gasteiger charge is -2.24. The Hall–Kier alpha value is -1.36. The van der Waals surface area contributed by atoms with Crippen molar-refractivity contribution in [3.63, 3.8) is 0 Å². The number of hydrogen-bond acceptors (Lipinski definition) is 3. The van der Waals surface area contributed by atoms with Crippen LogP contribution in [-0.4, -0.2) is 36.3 Å². The van der Waals surface area contributed by atoms with Crippen LogP contribution in [0.15, 0.2) is 16.8 Å². The van der Waals surface area contributed by atoms with Gasteiger partial charge in [0.1, 0.15) is 0 Å². The van der Waals surface area contributed by atoms with Gasteiger partial charge in [-0.1, -0.05) is 0 Å². The summed E-state index contributed by atoms with van der Waals surface area (Å²) in [6.45, 7) is 0.789. The van der Waals surface area contributed by atoms with Gasteiger partial charge in [-0.25, -0.2) is 0 Å². The van der Waals surface area contributed by atoms with Gasteiger partial charge in [-0.2, -0.15) is 11.3 Å². The molecule has 2 aliphatic rings. The number of thiophene rings is 1. The Kier molecular flexibility index (Phi) is 4.29. The highest BCUT2D eigenvalue weighted by Crippen LogP contribution is 2.38. The zero-order valence-corrected chi connectivity index (χ0v) is 13.2. The van der Waals surface area contributed by atoms with E-state index in [1.165, 1.54) is 5.56 Å². The molecule has 114 valence electrons. The van der Waals surface area contributed by atoms with Crippen LogP contribution in [0, 0.1) is 11.8 Å². The average molecular weight is 306 g/mol. The number of carbonyl (C=O) groups is 2. The number of rotatable bonds is 4. The third kappa shape index (κ3) is 3.28. The topological polar surface area (TPSA) is 49.4 Å². The summed E-state index contributed by atoms with van der Waals surface area (Å²) in [5.41, 5.74) is 1.25. The van der Waals surface area contributed by atoms with Crippen molar-refractivity contribution < 1.29 is 9.59 Å². The Balaban J connectivity index is 1.52. The maximum Gasteiger partial charge on any atom is 0.222 e. The second kappa shape index (κ2) is 6.18. The Morgan fingerprint density at radius 3 is 3.00 bits per heavy atom. The third-order valence-corrected chi connectivity index (χ3v) is 5.71. The lowest BCUT2D eigenvalue weighted by Crippen LogP contribution is -2.38. The smallest absolute Gasteiger partial charge is 0.222 e. The van der Waals surface area contributed by atoms with Gasteiger partial charge >= 0.3 is 0 Å². The normalized spacial score (nSPS) is 28.0. The molecule has 1 saturated heterocycles. The summed E-state index contributed by atoms with van der Waals surface area (Å²) in [4.78, 5) is 25.7. The van der Waals surface area contributed by atoms with Crippen molar-refractivity contribution in [2.45, 2.75) is 38.1 Å². The van der Waals surface area contributed by atoms with Crippen molar-refractivity contribution in [1.29, 1.82) is 0 Å². The number of piperidine rings is 1. The number of nitrogens with one attached hydrogen (secondary N) is 1. The van der Waals surface area contributed by atoms with Crippen molar-refractivity contribution in [2.75, 3.05) is 13.6 Å². The predicted octanol–water partition coefficient (Wildman–Crippen LogP) is 2.05. The van der Waals surface area contributed by atoms with E-state index >= 15 is 0 Å². The summed E-state index contributed by atoms with van der Waals surface area (Å²) >= 11 is 1.67. The van der Waals surface area contributed by atoms with Crippen LogP contribution in [0.4, 0.5) is 0 Å². The number of carbonyl (C=O) groups excluding carboxylic acids is 2. The molecular formula is C16H22N2O2S. The second-order valence-corrected chi connectivity index (χ2v) is 7.07. The van der Waals surface area contributed by atoms with E-state index in [-0.39, 0.29) is 11.8 Å². The standard InChI is InChI=1S/C16H22N2O2S/c1-18(16(20)3-2-11-4-5-21-10-11)14-6-12-8-15(19)17-9-13(12)7-14/h4-5,10,12-14H,2-3,6-9H2,1H3,(H,17,19)/t12-,13+,14-/m1/s1. The van der Waals surface area contributed by atoms with Gasteiger partial charge in [0.05, 0.1) is 0 Å². The Morgan fingerprint density at radius 2 is 2.24 bits per heavy atom. The van der Waals surface area contributed by atoms with Crippen LogP contribution in [-0.2, 0) is 16.0 Å². The molecule has 0 radical (unpaired) electrons. The van der Waals surface area contributed by atoms with Gasteiger partial charge in [-0.3, -0.25) is 9.59 Å². The zero-order valence-electron chi connectivity index (χ0n) is 12.4. The molecule has 1 aliphatic heterocycles. The molecule has 2 fully saturated rings. The lowest BCUT2D eigenvalue weighted by molar-refractivity contribution is -0.131. The molecule has 1 aromatic rings. The highest BCUT2D eigenvalue weighted by Gasteiger charge is 2.40. The van der Waals surface area contributed by atoms with E-state index < -0.39 is 0 Å². The molecule has 1 aromatic heterocycles. The van der Waals surface area contributed by atoms with Gasteiger partial charge < -0.3 is 10.2 Å². The molecule has 0 bridgehead atoms. The molecule has 1 N–H and O–H groups in total. The SMILES string of the molecule is CN(C(=O)CCc1ccsc1)[C@H]1C[C@H]2CNC(=O)C[C@H]2C1. The van der Waals surface area contributed by atoms with Crippen LogP contribution >= 0.6 is 11.3 Å². The number of fused-ring (bicyclic) bond motifs is 1. The van der Waals surface area contributed by atoms with Crippen LogP contribution in [0.3, 0.4) is 0 Å². The van der Waals surface area contributed by atoms with Crippen LogP contribution < -0.4 is 5.32 Å². The summed E-state index contributed by atoms with van der Waals surface area (Å²) in [5, 5.41) is 7.10. The molecule has 3 rings (SSSR count). The fourth-order valence-electron chi connectivity index (χ4n) is 3.62.